The van der Waals surface area contributed by atoms with Crippen LogP contribution in [0.2, 0.25) is 0 Å². The van der Waals surface area contributed by atoms with Gasteiger partial charge < -0.3 is 5.32 Å². The van der Waals surface area contributed by atoms with E-state index in [1.165, 1.54) is 40.2 Å². The number of hydrogen-bond acceptors (Lipinski definition) is 3. The molecule has 0 radical (unpaired) electrons. The number of nitrogens with zero attached hydrogens (tertiary/aromatic N) is 1. The zero-order chi connectivity index (χ0) is 13.9. The number of fused-ring (bicyclic) bond motifs is 1. The van der Waals surface area contributed by atoms with Crippen molar-refractivity contribution < 1.29 is 0 Å². The van der Waals surface area contributed by atoms with Crippen molar-refractivity contribution in [1.29, 1.82) is 0 Å². The Morgan fingerprint density at radius 2 is 2.05 bits per heavy atom. The average Bonchev–Trinajstić information content (AvgIpc) is 2.70. The van der Waals surface area contributed by atoms with Gasteiger partial charge in [0.2, 0.25) is 0 Å². The predicted octanol–water partition coefficient (Wildman–Crippen LogP) is 4.68. The first-order valence-corrected chi connectivity index (χ1v) is 8.03. The smallest absolute Gasteiger partial charge is 0.118 e. The molecule has 20 heavy (non-hydrogen) atoms. The van der Waals surface area contributed by atoms with E-state index in [4.69, 9.17) is 4.98 Å². The zero-order valence-corrected chi connectivity index (χ0v) is 12.9. The predicted molar refractivity (Wildman–Crippen MR) is 88.4 cm³/mol. The van der Waals surface area contributed by atoms with E-state index in [0.29, 0.717) is 0 Å². The second-order valence-corrected chi connectivity index (χ2v) is 6.42. The molecule has 1 aliphatic rings. The van der Waals surface area contributed by atoms with Crippen molar-refractivity contribution in [2.75, 3.05) is 11.9 Å². The molecular formula is C17H20N2S. The first kappa shape index (κ1) is 13.4. The van der Waals surface area contributed by atoms with Crippen molar-refractivity contribution in [3.63, 3.8) is 0 Å². The molecule has 1 aliphatic heterocycles. The fraction of sp³-hybridized carbons (Fsp3) is 0.353. The number of nitrogens with one attached hydrogen (secondary N) is 1. The lowest BCUT2D eigenvalue weighted by molar-refractivity contribution is 0.774. The van der Waals surface area contributed by atoms with Crippen molar-refractivity contribution in [2.24, 2.45) is 0 Å². The summed E-state index contributed by atoms with van der Waals surface area (Å²) >= 11 is 1.77. The third-order valence-corrected chi connectivity index (χ3v) is 4.81. The lowest BCUT2D eigenvalue weighted by Crippen LogP contribution is -1.96. The van der Waals surface area contributed by atoms with Crippen LogP contribution in [-0.4, -0.2) is 11.5 Å². The highest BCUT2D eigenvalue weighted by molar-refractivity contribution is 7.16. The van der Waals surface area contributed by atoms with Gasteiger partial charge in [0, 0.05) is 6.54 Å². The van der Waals surface area contributed by atoms with Crippen LogP contribution >= 0.6 is 11.3 Å². The van der Waals surface area contributed by atoms with Crippen molar-refractivity contribution in [3.05, 3.63) is 45.6 Å². The van der Waals surface area contributed by atoms with E-state index < -0.39 is 0 Å². The molecule has 0 unspecified atom stereocenters. The van der Waals surface area contributed by atoms with Gasteiger partial charge in [0.1, 0.15) is 10.0 Å². The normalized spacial score (nSPS) is 14.9. The minimum absolute atomic E-state index is 1.08. The number of anilines is 1. The van der Waals surface area contributed by atoms with Crippen LogP contribution in [-0.2, 0) is 6.42 Å². The molecule has 1 aromatic carbocycles. The molecule has 0 saturated heterocycles. The molecule has 1 N–H and O–H groups in total. The van der Waals surface area contributed by atoms with Gasteiger partial charge in [-0.25, -0.2) is 4.98 Å². The summed E-state index contributed by atoms with van der Waals surface area (Å²) in [4.78, 5) is 4.74. The van der Waals surface area contributed by atoms with Gasteiger partial charge >= 0.3 is 0 Å². The van der Waals surface area contributed by atoms with Gasteiger partial charge in [0.25, 0.3) is 0 Å². The number of aryl methyl sites for hydroxylation is 3. The fourth-order valence-corrected chi connectivity index (χ4v) is 3.34. The lowest BCUT2D eigenvalue weighted by Gasteiger charge is -2.00. The highest BCUT2D eigenvalue weighted by Crippen LogP contribution is 2.29. The van der Waals surface area contributed by atoms with Gasteiger partial charge in [-0.05, 0) is 55.9 Å². The summed E-state index contributed by atoms with van der Waals surface area (Å²) in [5.74, 6) is 0. The maximum Gasteiger partial charge on any atom is 0.118 e. The van der Waals surface area contributed by atoms with Crippen molar-refractivity contribution >= 4 is 28.5 Å². The molecule has 104 valence electrons. The first-order valence-electron chi connectivity index (χ1n) is 7.21. The molecule has 2 aromatic rings. The Bertz CT molecular complexity index is 617. The van der Waals surface area contributed by atoms with Gasteiger partial charge in [0.15, 0.2) is 0 Å². The van der Waals surface area contributed by atoms with Crippen molar-refractivity contribution in [3.8, 4) is 0 Å². The molecule has 0 aliphatic carbocycles. The maximum atomic E-state index is 4.74. The van der Waals surface area contributed by atoms with Crippen LogP contribution in [0.25, 0.3) is 12.2 Å². The standard InChI is InChI=1S/C17H20N2S/c1-12-6-7-14(11-13(12)2)8-9-16-19-15-5-3-4-10-18-17(15)20-16/h6-9,11,18H,3-5,10H2,1-2H3/b9-8+. The molecule has 0 bridgehead atoms. The van der Waals surface area contributed by atoms with Crippen molar-refractivity contribution in [1.82, 2.24) is 4.98 Å². The summed E-state index contributed by atoms with van der Waals surface area (Å²) in [6.45, 7) is 5.38. The molecule has 3 rings (SSSR count). The Morgan fingerprint density at radius 1 is 1.15 bits per heavy atom. The lowest BCUT2D eigenvalue weighted by atomic mass is 10.1. The summed E-state index contributed by atoms with van der Waals surface area (Å²) in [7, 11) is 0. The highest BCUT2D eigenvalue weighted by Gasteiger charge is 2.12. The Hall–Kier alpha value is -1.61. The van der Waals surface area contributed by atoms with E-state index in [9.17, 15) is 0 Å². The van der Waals surface area contributed by atoms with Crippen LogP contribution in [0.3, 0.4) is 0 Å². The van der Waals surface area contributed by atoms with Gasteiger partial charge in [-0.1, -0.05) is 35.6 Å². The minimum atomic E-state index is 1.08. The van der Waals surface area contributed by atoms with Gasteiger partial charge in [-0.15, -0.1) is 0 Å². The van der Waals surface area contributed by atoms with Crippen LogP contribution in [0.15, 0.2) is 18.2 Å². The second-order valence-electron chi connectivity index (χ2n) is 5.39. The van der Waals surface area contributed by atoms with Crippen LogP contribution in [0.1, 0.15) is 40.2 Å². The molecule has 0 spiro atoms. The number of rotatable bonds is 2. The molecule has 0 fully saturated rings. The Labute approximate surface area is 124 Å². The quantitative estimate of drug-likeness (QED) is 0.866. The maximum absolute atomic E-state index is 4.74. The summed E-state index contributed by atoms with van der Waals surface area (Å²) in [6, 6.07) is 6.56. The Morgan fingerprint density at radius 3 is 2.90 bits per heavy atom. The number of thiazole rings is 1. The summed E-state index contributed by atoms with van der Waals surface area (Å²) in [5.41, 5.74) is 5.16. The molecule has 2 nitrogen and oxygen atoms in total. The van der Waals surface area contributed by atoms with Gasteiger partial charge in [0.05, 0.1) is 5.69 Å². The van der Waals surface area contributed by atoms with E-state index in [1.807, 2.05) is 0 Å². The zero-order valence-electron chi connectivity index (χ0n) is 12.1. The van der Waals surface area contributed by atoms with Crippen LogP contribution in [0.5, 0.6) is 0 Å². The number of benzene rings is 1. The number of hydrogen-bond donors (Lipinski definition) is 1. The van der Waals surface area contributed by atoms with Crippen LogP contribution in [0.4, 0.5) is 5.00 Å². The molecule has 0 amide bonds. The summed E-state index contributed by atoms with van der Waals surface area (Å²) in [5, 5.41) is 5.85. The molecule has 0 atom stereocenters. The fourth-order valence-electron chi connectivity index (χ4n) is 2.40. The topological polar surface area (TPSA) is 24.9 Å². The minimum Gasteiger partial charge on any atom is -0.375 e. The number of aromatic nitrogens is 1. The summed E-state index contributed by atoms with van der Waals surface area (Å²) in [6.07, 6.45) is 7.88. The van der Waals surface area contributed by atoms with Crippen LogP contribution < -0.4 is 5.32 Å². The average molecular weight is 284 g/mol. The van der Waals surface area contributed by atoms with E-state index in [2.05, 4.69) is 49.5 Å². The van der Waals surface area contributed by atoms with Gasteiger partial charge in [-0.3, -0.25) is 0 Å². The summed E-state index contributed by atoms with van der Waals surface area (Å²) < 4.78 is 0. The van der Waals surface area contributed by atoms with E-state index >= 15 is 0 Å². The Balaban J connectivity index is 1.80. The first-order chi connectivity index (χ1) is 9.72. The third-order valence-electron chi connectivity index (χ3n) is 3.79. The molecule has 2 heterocycles. The van der Waals surface area contributed by atoms with Crippen LogP contribution in [0, 0.1) is 13.8 Å². The highest BCUT2D eigenvalue weighted by atomic mass is 32.1. The van der Waals surface area contributed by atoms with Gasteiger partial charge in [-0.2, -0.15) is 0 Å². The second kappa shape index (κ2) is 5.80. The van der Waals surface area contributed by atoms with E-state index in [0.717, 1.165) is 18.0 Å². The van der Waals surface area contributed by atoms with Crippen molar-refractivity contribution in [2.45, 2.75) is 33.1 Å². The Kier molecular flexibility index (Phi) is 3.88. The molecule has 0 saturated carbocycles. The molecule has 1 aromatic heterocycles. The van der Waals surface area contributed by atoms with E-state index in [-0.39, 0.29) is 0 Å². The molecular weight excluding hydrogens is 264 g/mol. The van der Waals surface area contributed by atoms with E-state index in [1.54, 1.807) is 11.3 Å². The third kappa shape index (κ3) is 2.93. The SMILES string of the molecule is Cc1ccc(/C=C/c2nc3c(s2)NCCCC3)cc1C. The molecule has 3 heteroatoms. The monoisotopic (exact) mass is 284 g/mol. The largest absolute Gasteiger partial charge is 0.375 e.